The number of hydrogen-bond donors (Lipinski definition) is 1. The number of aromatic nitrogens is 2. The fourth-order valence-electron chi connectivity index (χ4n) is 2.08. The van der Waals surface area contributed by atoms with Gasteiger partial charge < -0.3 is 18.9 Å². The number of ether oxygens (including phenoxy) is 1. The summed E-state index contributed by atoms with van der Waals surface area (Å²) >= 11 is 1.19. The molecular formula is C17H17N3O4S. The zero-order valence-electron chi connectivity index (χ0n) is 13.6. The van der Waals surface area contributed by atoms with E-state index in [4.69, 9.17) is 13.6 Å². The van der Waals surface area contributed by atoms with Crippen LogP contribution < -0.4 is 10.1 Å². The molecule has 7 nitrogen and oxygen atoms in total. The van der Waals surface area contributed by atoms with Crippen LogP contribution in [0.25, 0.3) is 11.7 Å². The average molecular weight is 359 g/mol. The van der Waals surface area contributed by atoms with E-state index in [1.54, 1.807) is 19.2 Å². The van der Waals surface area contributed by atoms with Gasteiger partial charge in [-0.25, -0.2) is 0 Å². The molecule has 0 aliphatic carbocycles. The number of benzene rings is 1. The van der Waals surface area contributed by atoms with Gasteiger partial charge in [-0.2, -0.15) is 0 Å². The van der Waals surface area contributed by atoms with Gasteiger partial charge in [0.15, 0.2) is 5.76 Å². The van der Waals surface area contributed by atoms with Gasteiger partial charge >= 0.3 is 0 Å². The molecule has 0 atom stereocenters. The van der Waals surface area contributed by atoms with Crippen LogP contribution in [-0.4, -0.2) is 35.5 Å². The second-order valence-corrected chi connectivity index (χ2v) is 6.01. The molecule has 2 heterocycles. The number of nitrogens with one attached hydrogen (secondary N) is 1. The largest absolute Gasteiger partial charge is 0.497 e. The highest BCUT2D eigenvalue weighted by Gasteiger charge is 2.12. The SMILES string of the molecule is COc1ccc(CCNC(=O)CSc2nnc(-c3ccco3)o2)cc1. The van der Waals surface area contributed by atoms with Crippen molar-refractivity contribution in [2.45, 2.75) is 11.6 Å². The Bertz CT molecular complexity index is 800. The summed E-state index contributed by atoms with van der Waals surface area (Å²) in [6.45, 7) is 0.563. The second-order valence-electron chi connectivity index (χ2n) is 5.09. The second kappa shape index (κ2) is 8.39. The van der Waals surface area contributed by atoms with E-state index in [-0.39, 0.29) is 11.7 Å². The molecule has 0 spiro atoms. The van der Waals surface area contributed by atoms with Crippen molar-refractivity contribution in [3.8, 4) is 17.4 Å². The Morgan fingerprint density at radius 2 is 2.08 bits per heavy atom. The van der Waals surface area contributed by atoms with E-state index in [1.807, 2.05) is 24.3 Å². The monoisotopic (exact) mass is 359 g/mol. The van der Waals surface area contributed by atoms with Crippen molar-refractivity contribution >= 4 is 17.7 Å². The number of nitrogens with zero attached hydrogens (tertiary/aromatic N) is 2. The van der Waals surface area contributed by atoms with Crippen molar-refractivity contribution in [3.63, 3.8) is 0 Å². The van der Waals surface area contributed by atoms with Crippen LogP contribution in [0.3, 0.4) is 0 Å². The Morgan fingerprint density at radius 3 is 2.80 bits per heavy atom. The summed E-state index contributed by atoms with van der Waals surface area (Å²) < 4.78 is 15.7. The number of carbonyl (C=O) groups excluding carboxylic acids is 1. The minimum absolute atomic E-state index is 0.0868. The van der Waals surface area contributed by atoms with Gasteiger partial charge in [0.1, 0.15) is 5.75 Å². The maximum atomic E-state index is 11.9. The summed E-state index contributed by atoms with van der Waals surface area (Å²) in [5.74, 6) is 1.74. The number of carbonyl (C=O) groups is 1. The molecule has 0 unspecified atom stereocenters. The predicted molar refractivity (Wildman–Crippen MR) is 92.4 cm³/mol. The first-order valence-corrected chi connectivity index (χ1v) is 8.63. The van der Waals surface area contributed by atoms with Gasteiger partial charge in [-0.1, -0.05) is 23.9 Å². The Hall–Kier alpha value is -2.74. The number of amides is 1. The van der Waals surface area contributed by atoms with Crippen molar-refractivity contribution in [3.05, 3.63) is 48.2 Å². The topological polar surface area (TPSA) is 90.4 Å². The van der Waals surface area contributed by atoms with Crippen molar-refractivity contribution in [1.82, 2.24) is 15.5 Å². The summed E-state index contributed by atoms with van der Waals surface area (Å²) in [6.07, 6.45) is 2.28. The molecule has 1 aromatic carbocycles. The van der Waals surface area contributed by atoms with E-state index in [9.17, 15) is 4.79 Å². The molecule has 0 radical (unpaired) electrons. The molecule has 1 N–H and O–H groups in total. The molecule has 0 saturated carbocycles. The number of hydrogen-bond acceptors (Lipinski definition) is 7. The molecule has 0 aliphatic heterocycles. The predicted octanol–water partition coefficient (Wildman–Crippen LogP) is 2.79. The van der Waals surface area contributed by atoms with Crippen molar-refractivity contribution in [2.24, 2.45) is 0 Å². The molecule has 0 fully saturated rings. The lowest BCUT2D eigenvalue weighted by atomic mass is 10.1. The molecule has 0 bridgehead atoms. The Kier molecular flexibility index (Phi) is 5.73. The van der Waals surface area contributed by atoms with Crippen molar-refractivity contribution in [2.75, 3.05) is 19.4 Å². The van der Waals surface area contributed by atoms with E-state index in [1.165, 1.54) is 18.0 Å². The molecule has 8 heteroatoms. The van der Waals surface area contributed by atoms with E-state index in [0.29, 0.717) is 23.4 Å². The lowest BCUT2D eigenvalue weighted by Gasteiger charge is -2.05. The van der Waals surface area contributed by atoms with Gasteiger partial charge in [0.25, 0.3) is 11.1 Å². The van der Waals surface area contributed by atoms with E-state index >= 15 is 0 Å². The van der Waals surface area contributed by atoms with Crippen LogP contribution in [0.4, 0.5) is 0 Å². The van der Waals surface area contributed by atoms with Crippen LogP contribution in [0.1, 0.15) is 5.56 Å². The quantitative estimate of drug-likeness (QED) is 0.618. The number of furan rings is 1. The summed E-state index contributed by atoms with van der Waals surface area (Å²) in [7, 11) is 1.63. The number of rotatable bonds is 8. The van der Waals surface area contributed by atoms with Crippen LogP contribution in [0.15, 0.2) is 56.7 Å². The highest BCUT2D eigenvalue weighted by atomic mass is 32.2. The minimum atomic E-state index is -0.0868. The highest BCUT2D eigenvalue weighted by molar-refractivity contribution is 7.99. The maximum absolute atomic E-state index is 11.9. The van der Waals surface area contributed by atoms with E-state index < -0.39 is 0 Å². The van der Waals surface area contributed by atoms with Gasteiger partial charge in [0, 0.05) is 6.54 Å². The molecule has 2 aromatic heterocycles. The van der Waals surface area contributed by atoms with E-state index in [0.717, 1.165) is 17.7 Å². The van der Waals surface area contributed by atoms with Crippen molar-refractivity contribution in [1.29, 1.82) is 0 Å². The molecule has 1 amide bonds. The van der Waals surface area contributed by atoms with Gasteiger partial charge in [-0.05, 0) is 36.2 Å². The number of thioether (sulfide) groups is 1. The molecule has 3 rings (SSSR count). The van der Waals surface area contributed by atoms with Gasteiger partial charge in [0.2, 0.25) is 5.91 Å². The van der Waals surface area contributed by atoms with Crippen LogP contribution in [0.5, 0.6) is 5.75 Å². The average Bonchev–Trinajstić information content (AvgIpc) is 3.32. The fraction of sp³-hybridized carbons (Fsp3) is 0.235. The van der Waals surface area contributed by atoms with Crippen molar-refractivity contribution < 1.29 is 18.4 Å². The first-order chi connectivity index (χ1) is 12.2. The normalized spacial score (nSPS) is 10.6. The lowest BCUT2D eigenvalue weighted by Crippen LogP contribution is -2.27. The smallest absolute Gasteiger partial charge is 0.284 e. The zero-order chi connectivity index (χ0) is 17.5. The summed E-state index contributed by atoms with van der Waals surface area (Å²) in [5.41, 5.74) is 1.13. The van der Waals surface area contributed by atoms with Crippen LogP contribution in [-0.2, 0) is 11.2 Å². The summed E-state index contributed by atoms with van der Waals surface area (Å²) in [4.78, 5) is 11.9. The molecule has 0 saturated heterocycles. The van der Waals surface area contributed by atoms with Gasteiger partial charge in [-0.3, -0.25) is 4.79 Å². The molecule has 3 aromatic rings. The Balaban J connectivity index is 1.39. The zero-order valence-corrected chi connectivity index (χ0v) is 14.4. The third kappa shape index (κ3) is 4.87. The van der Waals surface area contributed by atoms with Crippen LogP contribution in [0.2, 0.25) is 0 Å². The first kappa shape index (κ1) is 17.1. The third-order valence-electron chi connectivity index (χ3n) is 3.36. The molecule has 25 heavy (non-hydrogen) atoms. The van der Waals surface area contributed by atoms with Crippen LogP contribution >= 0.6 is 11.8 Å². The maximum Gasteiger partial charge on any atom is 0.284 e. The minimum Gasteiger partial charge on any atom is -0.497 e. The first-order valence-electron chi connectivity index (χ1n) is 7.64. The lowest BCUT2D eigenvalue weighted by molar-refractivity contribution is -0.118. The van der Waals surface area contributed by atoms with Gasteiger partial charge in [-0.15, -0.1) is 10.2 Å². The third-order valence-corrected chi connectivity index (χ3v) is 4.18. The summed E-state index contributed by atoms with van der Waals surface area (Å²) in [5, 5.41) is 11.0. The molecular weight excluding hydrogens is 342 g/mol. The van der Waals surface area contributed by atoms with E-state index in [2.05, 4.69) is 15.5 Å². The Morgan fingerprint density at radius 1 is 1.24 bits per heavy atom. The fourth-order valence-corrected chi connectivity index (χ4v) is 2.68. The Labute approximate surface area is 148 Å². The van der Waals surface area contributed by atoms with Crippen LogP contribution in [0, 0.1) is 0 Å². The molecule has 130 valence electrons. The summed E-state index contributed by atoms with van der Waals surface area (Å²) in [6, 6.07) is 11.2. The van der Waals surface area contributed by atoms with Gasteiger partial charge in [0.05, 0.1) is 19.1 Å². The standard InChI is InChI=1S/C17H17N3O4S/c1-22-13-6-4-12(5-7-13)8-9-18-15(21)11-25-17-20-19-16(24-17)14-3-2-10-23-14/h2-7,10H,8-9,11H2,1H3,(H,18,21). The number of methoxy groups -OCH3 is 1. The highest BCUT2D eigenvalue weighted by Crippen LogP contribution is 2.23. The molecule has 0 aliphatic rings.